The van der Waals surface area contributed by atoms with Crippen LogP contribution in [0, 0.1) is 24.2 Å². The van der Waals surface area contributed by atoms with Crippen molar-refractivity contribution in [1.82, 2.24) is 4.90 Å². The lowest BCUT2D eigenvalue weighted by Crippen LogP contribution is -2.33. The zero-order chi connectivity index (χ0) is 14.4. The number of hydrogen-bond donors (Lipinski definition) is 2. The van der Waals surface area contributed by atoms with Gasteiger partial charge in [-0.05, 0) is 38.6 Å². The van der Waals surface area contributed by atoms with Gasteiger partial charge in [-0.3, -0.25) is 9.69 Å². The van der Waals surface area contributed by atoms with E-state index < -0.39 is 0 Å². The normalized spacial score (nSPS) is 11.9. The van der Waals surface area contributed by atoms with Gasteiger partial charge >= 0.3 is 0 Å². The largest absolute Gasteiger partial charge is 0.397 e. The van der Waals surface area contributed by atoms with Crippen LogP contribution in [0.4, 0.5) is 11.4 Å². The fourth-order valence-electron chi connectivity index (χ4n) is 1.80. The first-order valence-electron chi connectivity index (χ1n) is 6.16. The van der Waals surface area contributed by atoms with Crippen LogP contribution in [0.5, 0.6) is 0 Å². The minimum absolute atomic E-state index is 0.0951. The Hall–Kier alpha value is -2.06. The number of rotatable bonds is 5. The number of nitrogens with one attached hydrogen (secondary N) is 1. The number of carbonyl (C=O) groups excluding carboxylic acids is 1. The number of hydrogen-bond acceptors (Lipinski definition) is 4. The number of anilines is 2. The smallest absolute Gasteiger partial charge is 0.238 e. The molecule has 0 aliphatic carbocycles. The van der Waals surface area contributed by atoms with Crippen molar-refractivity contribution in [3.63, 3.8) is 0 Å². The molecule has 0 saturated carbocycles. The maximum Gasteiger partial charge on any atom is 0.238 e. The Morgan fingerprint density at radius 3 is 2.84 bits per heavy atom. The predicted molar refractivity (Wildman–Crippen MR) is 76.5 cm³/mol. The molecule has 1 amide bonds. The molecule has 5 heteroatoms. The molecule has 0 bridgehead atoms. The zero-order valence-corrected chi connectivity index (χ0v) is 11.6. The van der Waals surface area contributed by atoms with Crippen molar-refractivity contribution >= 4 is 17.3 Å². The molecule has 5 nitrogen and oxygen atoms in total. The van der Waals surface area contributed by atoms with Crippen molar-refractivity contribution in [2.45, 2.75) is 13.8 Å². The molecule has 0 radical (unpaired) electrons. The molecular formula is C14H20N4O. The maximum atomic E-state index is 11.8. The summed E-state index contributed by atoms with van der Waals surface area (Å²) in [6.45, 7) is 4.57. The zero-order valence-electron chi connectivity index (χ0n) is 11.6. The molecule has 0 heterocycles. The standard InChI is InChI=1S/C14H20N4O/c1-10-4-5-13(12(16)6-10)17-14(19)9-18(3)8-11(2)7-15/h4-6,11H,8-9,16H2,1-3H3,(H,17,19). The third-order valence-corrected chi connectivity index (χ3v) is 2.70. The Labute approximate surface area is 114 Å². The molecule has 1 unspecified atom stereocenters. The second-order valence-corrected chi connectivity index (χ2v) is 4.87. The number of nitrogens with zero attached hydrogens (tertiary/aromatic N) is 2. The molecule has 19 heavy (non-hydrogen) atoms. The summed E-state index contributed by atoms with van der Waals surface area (Å²) in [6.07, 6.45) is 0. The minimum atomic E-state index is -0.136. The number of nitrogens with two attached hydrogens (primary N) is 1. The van der Waals surface area contributed by atoms with E-state index in [0.717, 1.165) is 5.56 Å². The van der Waals surface area contributed by atoms with E-state index in [1.165, 1.54) is 0 Å². The minimum Gasteiger partial charge on any atom is -0.397 e. The molecule has 102 valence electrons. The van der Waals surface area contributed by atoms with Gasteiger partial charge in [0.1, 0.15) is 0 Å². The third-order valence-electron chi connectivity index (χ3n) is 2.70. The van der Waals surface area contributed by atoms with Gasteiger partial charge in [0.15, 0.2) is 0 Å². The highest BCUT2D eigenvalue weighted by atomic mass is 16.2. The van der Waals surface area contributed by atoms with E-state index in [1.54, 1.807) is 6.07 Å². The van der Waals surface area contributed by atoms with Crippen LogP contribution >= 0.6 is 0 Å². The van der Waals surface area contributed by atoms with Gasteiger partial charge in [-0.25, -0.2) is 0 Å². The first-order valence-corrected chi connectivity index (χ1v) is 6.16. The van der Waals surface area contributed by atoms with E-state index >= 15 is 0 Å². The number of likely N-dealkylation sites (N-methyl/N-ethyl adjacent to an activating group) is 1. The third kappa shape index (κ3) is 4.98. The van der Waals surface area contributed by atoms with E-state index in [-0.39, 0.29) is 18.4 Å². The van der Waals surface area contributed by atoms with Crippen molar-refractivity contribution in [1.29, 1.82) is 5.26 Å². The van der Waals surface area contributed by atoms with E-state index in [9.17, 15) is 4.79 Å². The maximum absolute atomic E-state index is 11.8. The molecule has 0 aromatic heterocycles. The number of nitrogen functional groups attached to an aromatic ring is 1. The van der Waals surface area contributed by atoms with Gasteiger partial charge in [0.2, 0.25) is 5.91 Å². The Bertz CT molecular complexity index is 493. The molecule has 1 aromatic rings. The van der Waals surface area contributed by atoms with Crippen molar-refractivity contribution in [2.75, 3.05) is 31.2 Å². The summed E-state index contributed by atoms with van der Waals surface area (Å²) in [5.41, 5.74) is 8.06. The number of amides is 1. The highest BCUT2D eigenvalue weighted by molar-refractivity contribution is 5.95. The molecule has 3 N–H and O–H groups in total. The van der Waals surface area contributed by atoms with Gasteiger partial charge < -0.3 is 11.1 Å². The summed E-state index contributed by atoms with van der Waals surface area (Å²) in [5.74, 6) is -0.231. The van der Waals surface area contributed by atoms with Crippen LogP contribution in [0.2, 0.25) is 0 Å². The van der Waals surface area contributed by atoms with E-state index in [0.29, 0.717) is 17.9 Å². The molecule has 0 fully saturated rings. The number of carbonyl (C=O) groups is 1. The van der Waals surface area contributed by atoms with E-state index in [4.69, 9.17) is 11.0 Å². The lowest BCUT2D eigenvalue weighted by atomic mass is 10.2. The topological polar surface area (TPSA) is 82.2 Å². The first kappa shape index (κ1) is 15.0. The van der Waals surface area contributed by atoms with Crippen LogP contribution in [0.25, 0.3) is 0 Å². The van der Waals surface area contributed by atoms with Gasteiger partial charge in [0.05, 0.1) is 29.9 Å². The van der Waals surface area contributed by atoms with Crippen LogP contribution in [-0.4, -0.2) is 30.9 Å². The molecule has 0 aliphatic rings. The molecule has 0 saturated heterocycles. The lowest BCUT2D eigenvalue weighted by molar-refractivity contribution is -0.117. The van der Waals surface area contributed by atoms with Crippen LogP contribution in [-0.2, 0) is 4.79 Å². The van der Waals surface area contributed by atoms with Crippen LogP contribution in [0.3, 0.4) is 0 Å². The summed E-state index contributed by atoms with van der Waals surface area (Å²) in [7, 11) is 1.81. The van der Waals surface area contributed by atoms with Crippen LogP contribution < -0.4 is 11.1 Å². The Kier molecular flexibility index (Phi) is 5.34. The Balaban J connectivity index is 2.54. The molecule has 1 atom stereocenters. The SMILES string of the molecule is Cc1ccc(NC(=O)CN(C)CC(C)C#N)c(N)c1. The molecule has 0 spiro atoms. The second-order valence-electron chi connectivity index (χ2n) is 4.87. The first-order chi connectivity index (χ1) is 8.92. The van der Waals surface area contributed by atoms with Crippen LogP contribution in [0.1, 0.15) is 12.5 Å². The van der Waals surface area contributed by atoms with Crippen LogP contribution in [0.15, 0.2) is 18.2 Å². The number of benzene rings is 1. The highest BCUT2D eigenvalue weighted by Gasteiger charge is 2.11. The summed E-state index contributed by atoms with van der Waals surface area (Å²) in [4.78, 5) is 13.7. The number of nitriles is 1. The van der Waals surface area contributed by atoms with Gasteiger partial charge in [-0.2, -0.15) is 5.26 Å². The fourth-order valence-corrected chi connectivity index (χ4v) is 1.80. The van der Waals surface area contributed by atoms with Crippen molar-refractivity contribution in [3.8, 4) is 6.07 Å². The fraction of sp³-hybridized carbons (Fsp3) is 0.429. The number of aryl methyl sites for hydroxylation is 1. The molecule has 1 rings (SSSR count). The van der Waals surface area contributed by atoms with Crippen molar-refractivity contribution in [2.24, 2.45) is 5.92 Å². The summed E-state index contributed by atoms with van der Waals surface area (Å²) in [5, 5.41) is 11.5. The Morgan fingerprint density at radius 2 is 2.26 bits per heavy atom. The second kappa shape index (κ2) is 6.76. The highest BCUT2D eigenvalue weighted by Crippen LogP contribution is 2.19. The van der Waals surface area contributed by atoms with Gasteiger partial charge in [-0.1, -0.05) is 6.07 Å². The predicted octanol–water partition coefficient (Wildman–Crippen LogP) is 1.61. The average Bonchev–Trinajstić information content (AvgIpc) is 2.32. The quantitative estimate of drug-likeness (QED) is 0.788. The van der Waals surface area contributed by atoms with Crippen molar-refractivity contribution in [3.05, 3.63) is 23.8 Å². The van der Waals surface area contributed by atoms with E-state index in [1.807, 2.05) is 37.9 Å². The molecule has 0 aliphatic heterocycles. The Morgan fingerprint density at radius 1 is 1.58 bits per heavy atom. The summed E-state index contributed by atoms with van der Waals surface area (Å²) >= 11 is 0. The van der Waals surface area contributed by atoms with Gasteiger partial charge in [0, 0.05) is 6.54 Å². The van der Waals surface area contributed by atoms with Gasteiger partial charge in [-0.15, -0.1) is 0 Å². The molecular weight excluding hydrogens is 240 g/mol. The summed E-state index contributed by atoms with van der Waals surface area (Å²) in [6, 6.07) is 7.65. The van der Waals surface area contributed by atoms with Gasteiger partial charge in [0.25, 0.3) is 0 Å². The molecule has 1 aromatic carbocycles. The average molecular weight is 260 g/mol. The summed E-state index contributed by atoms with van der Waals surface area (Å²) < 4.78 is 0. The lowest BCUT2D eigenvalue weighted by Gasteiger charge is -2.17. The monoisotopic (exact) mass is 260 g/mol. The van der Waals surface area contributed by atoms with E-state index in [2.05, 4.69) is 11.4 Å². The van der Waals surface area contributed by atoms with Crippen molar-refractivity contribution < 1.29 is 4.79 Å².